The molecule has 1 aliphatic heterocycles. The van der Waals surface area contributed by atoms with E-state index in [1.54, 1.807) is 0 Å². The summed E-state index contributed by atoms with van der Waals surface area (Å²) < 4.78 is 2.02. The Hall–Kier alpha value is -1.61. The van der Waals surface area contributed by atoms with Gasteiger partial charge < -0.3 is 5.32 Å². The predicted molar refractivity (Wildman–Crippen MR) is 63.4 cm³/mol. The quantitative estimate of drug-likeness (QED) is 0.839. The lowest BCUT2D eigenvalue weighted by Crippen LogP contribution is -2.39. The van der Waals surface area contributed by atoms with Crippen molar-refractivity contribution in [1.29, 1.82) is 0 Å². The van der Waals surface area contributed by atoms with Crippen LogP contribution in [0, 0.1) is 0 Å². The van der Waals surface area contributed by atoms with E-state index in [2.05, 4.69) is 40.9 Å². The van der Waals surface area contributed by atoms with E-state index in [9.17, 15) is 0 Å². The molecule has 1 N–H and O–H groups in total. The first-order chi connectivity index (χ1) is 7.92. The van der Waals surface area contributed by atoms with Crippen molar-refractivity contribution in [2.24, 2.45) is 0 Å². The number of nitrogens with one attached hydrogen (secondary N) is 1. The highest BCUT2D eigenvalue weighted by Crippen LogP contribution is 2.18. The Balaban J connectivity index is 1.73. The van der Waals surface area contributed by atoms with Gasteiger partial charge in [0, 0.05) is 25.2 Å². The summed E-state index contributed by atoms with van der Waals surface area (Å²) >= 11 is 0. The van der Waals surface area contributed by atoms with Crippen LogP contribution in [0.3, 0.4) is 0 Å². The summed E-state index contributed by atoms with van der Waals surface area (Å²) in [6.07, 6.45) is 4.16. The number of rotatable bonds is 3. The molecule has 1 fully saturated rings. The van der Waals surface area contributed by atoms with Gasteiger partial charge in [0.05, 0.1) is 12.7 Å². The van der Waals surface area contributed by atoms with Crippen LogP contribution >= 0.6 is 0 Å². The molecule has 0 atom stereocenters. The Bertz CT molecular complexity index is 457. The summed E-state index contributed by atoms with van der Waals surface area (Å²) in [6, 6.07) is 10.4. The first kappa shape index (κ1) is 9.60. The highest BCUT2D eigenvalue weighted by molar-refractivity contribution is 5.18. The van der Waals surface area contributed by atoms with Crippen molar-refractivity contribution in [3.63, 3.8) is 0 Å². The Morgan fingerprint density at radius 2 is 2.06 bits per heavy atom. The van der Waals surface area contributed by atoms with Crippen LogP contribution < -0.4 is 5.32 Å². The summed E-state index contributed by atoms with van der Waals surface area (Å²) in [4.78, 5) is 0. The zero-order valence-corrected chi connectivity index (χ0v) is 9.13. The standard InChI is InChI=1S/C13H15N3/c1-2-4-11(5-3-1)9-16-10-13(8-15-16)12-6-14-7-12/h1-5,8,10,12,14H,6-7,9H2. The maximum atomic E-state index is 4.40. The molecule has 2 heterocycles. The third kappa shape index (κ3) is 1.86. The number of nitrogens with zero attached hydrogens (tertiary/aromatic N) is 2. The molecule has 0 radical (unpaired) electrons. The van der Waals surface area contributed by atoms with E-state index >= 15 is 0 Å². The van der Waals surface area contributed by atoms with E-state index in [1.807, 2.05) is 16.9 Å². The monoisotopic (exact) mass is 213 g/mol. The lowest BCUT2D eigenvalue weighted by molar-refractivity contribution is 0.448. The molecular weight excluding hydrogens is 198 g/mol. The van der Waals surface area contributed by atoms with E-state index in [-0.39, 0.29) is 0 Å². The molecule has 0 amide bonds. The van der Waals surface area contributed by atoms with Gasteiger partial charge in [-0.25, -0.2) is 0 Å². The van der Waals surface area contributed by atoms with Crippen molar-refractivity contribution in [3.8, 4) is 0 Å². The van der Waals surface area contributed by atoms with Crippen LogP contribution in [0.5, 0.6) is 0 Å². The minimum absolute atomic E-state index is 0.671. The van der Waals surface area contributed by atoms with Crippen LogP contribution in [0.1, 0.15) is 17.0 Å². The third-order valence-electron chi connectivity index (χ3n) is 3.09. The number of aromatic nitrogens is 2. The average molecular weight is 213 g/mol. The van der Waals surface area contributed by atoms with Crippen LogP contribution in [0.2, 0.25) is 0 Å². The maximum Gasteiger partial charge on any atom is 0.0659 e. The lowest BCUT2D eigenvalue weighted by Gasteiger charge is -2.25. The van der Waals surface area contributed by atoms with Gasteiger partial charge in [0.15, 0.2) is 0 Å². The topological polar surface area (TPSA) is 29.9 Å². The number of benzene rings is 1. The van der Waals surface area contributed by atoms with Gasteiger partial charge in [-0.05, 0) is 11.1 Å². The second-order valence-corrected chi connectivity index (χ2v) is 4.31. The molecule has 3 nitrogen and oxygen atoms in total. The summed E-state index contributed by atoms with van der Waals surface area (Å²) in [5.41, 5.74) is 2.65. The molecule has 0 spiro atoms. The lowest BCUT2D eigenvalue weighted by atomic mass is 9.97. The fourth-order valence-corrected chi connectivity index (χ4v) is 1.97. The largest absolute Gasteiger partial charge is 0.315 e. The summed E-state index contributed by atoms with van der Waals surface area (Å²) in [7, 11) is 0. The average Bonchev–Trinajstić information content (AvgIpc) is 2.65. The van der Waals surface area contributed by atoms with Crippen LogP contribution in [0.15, 0.2) is 42.7 Å². The van der Waals surface area contributed by atoms with Gasteiger partial charge in [0.2, 0.25) is 0 Å². The van der Waals surface area contributed by atoms with Crippen molar-refractivity contribution in [2.45, 2.75) is 12.5 Å². The van der Waals surface area contributed by atoms with Crippen LogP contribution in [0.4, 0.5) is 0 Å². The van der Waals surface area contributed by atoms with E-state index in [4.69, 9.17) is 0 Å². The summed E-state index contributed by atoms with van der Waals surface area (Å²) in [6.45, 7) is 3.05. The van der Waals surface area contributed by atoms with Gasteiger partial charge in [-0.15, -0.1) is 0 Å². The highest BCUT2D eigenvalue weighted by atomic mass is 15.3. The fraction of sp³-hybridized carbons (Fsp3) is 0.308. The van der Waals surface area contributed by atoms with E-state index in [0.29, 0.717) is 5.92 Å². The van der Waals surface area contributed by atoms with Crippen molar-refractivity contribution >= 4 is 0 Å². The third-order valence-corrected chi connectivity index (χ3v) is 3.09. The molecule has 1 aromatic heterocycles. The SMILES string of the molecule is c1ccc(Cn2cc(C3CNC3)cn2)cc1. The second kappa shape index (κ2) is 4.10. The molecule has 1 aliphatic rings. The van der Waals surface area contributed by atoms with Gasteiger partial charge >= 0.3 is 0 Å². The Labute approximate surface area is 95.1 Å². The first-order valence-corrected chi connectivity index (χ1v) is 5.69. The molecule has 1 aromatic carbocycles. The van der Waals surface area contributed by atoms with Gasteiger partial charge in [-0.1, -0.05) is 30.3 Å². The van der Waals surface area contributed by atoms with Crippen molar-refractivity contribution in [3.05, 3.63) is 53.9 Å². The molecule has 0 aliphatic carbocycles. The minimum Gasteiger partial charge on any atom is -0.315 e. The van der Waals surface area contributed by atoms with Crippen molar-refractivity contribution in [1.82, 2.24) is 15.1 Å². The molecule has 0 saturated carbocycles. The summed E-state index contributed by atoms with van der Waals surface area (Å²) in [5.74, 6) is 0.671. The van der Waals surface area contributed by atoms with Gasteiger partial charge in [0.25, 0.3) is 0 Å². The van der Waals surface area contributed by atoms with E-state index in [1.165, 1.54) is 11.1 Å². The van der Waals surface area contributed by atoms with E-state index < -0.39 is 0 Å². The Morgan fingerprint density at radius 3 is 2.75 bits per heavy atom. The molecule has 0 unspecified atom stereocenters. The molecule has 0 bridgehead atoms. The van der Waals surface area contributed by atoms with E-state index in [0.717, 1.165) is 19.6 Å². The van der Waals surface area contributed by atoms with Crippen LogP contribution in [0.25, 0.3) is 0 Å². The first-order valence-electron chi connectivity index (χ1n) is 5.69. The minimum atomic E-state index is 0.671. The Kier molecular flexibility index (Phi) is 2.46. The van der Waals surface area contributed by atoms with Crippen molar-refractivity contribution in [2.75, 3.05) is 13.1 Å². The zero-order chi connectivity index (χ0) is 10.8. The van der Waals surface area contributed by atoms with Crippen LogP contribution in [-0.2, 0) is 6.54 Å². The zero-order valence-electron chi connectivity index (χ0n) is 9.13. The van der Waals surface area contributed by atoms with Crippen molar-refractivity contribution < 1.29 is 0 Å². The van der Waals surface area contributed by atoms with Crippen LogP contribution in [-0.4, -0.2) is 22.9 Å². The predicted octanol–water partition coefficient (Wildman–Crippen LogP) is 1.62. The van der Waals surface area contributed by atoms with Gasteiger partial charge in [0.1, 0.15) is 0 Å². The molecule has 3 rings (SSSR count). The second-order valence-electron chi connectivity index (χ2n) is 4.31. The maximum absolute atomic E-state index is 4.40. The molecule has 82 valence electrons. The smallest absolute Gasteiger partial charge is 0.0659 e. The molecule has 3 heteroatoms. The normalized spacial score (nSPS) is 16.0. The van der Waals surface area contributed by atoms with Gasteiger partial charge in [-0.2, -0.15) is 5.10 Å². The molecule has 2 aromatic rings. The fourth-order valence-electron chi connectivity index (χ4n) is 1.97. The molecule has 1 saturated heterocycles. The number of hydrogen-bond donors (Lipinski definition) is 1. The molecular formula is C13H15N3. The highest BCUT2D eigenvalue weighted by Gasteiger charge is 2.19. The summed E-state index contributed by atoms with van der Waals surface area (Å²) in [5, 5.41) is 7.68. The number of hydrogen-bond acceptors (Lipinski definition) is 2. The van der Waals surface area contributed by atoms with Gasteiger partial charge in [-0.3, -0.25) is 4.68 Å². The molecule has 16 heavy (non-hydrogen) atoms. The Morgan fingerprint density at radius 1 is 1.25 bits per heavy atom.